The number of aliphatic hydroxyl groups excluding tert-OH is 1. The van der Waals surface area contributed by atoms with Crippen LogP contribution in [0.4, 0.5) is 0 Å². The first-order valence-electron chi connectivity index (χ1n) is 6.27. The maximum Gasteiger partial charge on any atom is 0.328 e. The van der Waals surface area contributed by atoms with Crippen LogP contribution in [0.2, 0.25) is 0 Å². The van der Waals surface area contributed by atoms with E-state index >= 15 is 0 Å². The van der Waals surface area contributed by atoms with Gasteiger partial charge in [0, 0.05) is 19.6 Å². The Morgan fingerprint density at radius 2 is 2.18 bits per heavy atom. The number of carbonyl (C=O) groups is 2. The summed E-state index contributed by atoms with van der Waals surface area (Å²) in [6, 6.07) is -0.392. The molecule has 1 unspecified atom stereocenters. The Kier molecular flexibility index (Phi) is 5.97. The molecule has 0 aromatic rings. The van der Waals surface area contributed by atoms with E-state index in [1.54, 1.807) is 11.8 Å². The molecule has 1 fully saturated rings. The molecule has 0 aliphatic carbocycles. The molecule has 0 spiro atoms. The van der Waals surface area contributed by atoms with Gasteiger partial charge in [0.15, 0.2) is 0 Å². The van der Waals surface area contributed by atoms with Crippen molar-refractivity contribution >= 4 is 11.9 Å². The van der Waals surface area contributed by atoms with Crippen molar-refractivity contribution in [3.8, 4) is 0 Å². The topological polar surface area (TPSA) is 66.8 Å². The van der Waals surface area contributed by atoms with Gasteiger partial charge >= 0.3 is 5.97 Å². The molecule has 1 atom stereocenters. The summed E-state index contributed by atoms with van der Waals surface area (Å²) < 4.78 is 4.96. The Morgan fingerprint density at radius 3 is 2.82 bits per heavy atom. The first-order valence-corrected chi connectivity index (χ1v) is 6.27. The highest BCUT2D eigenvalue weighted by Gasteiger charge is 2.34. The summed E-state index contributed by atoms with van der Waals surface area (Å²) in [5.41, 5.74) is 0. The minimum atomic E-state index is -0.392. The van der Waals surface area contributed by atoms with Crippen LogP contribution < -0.4 is 0 Å². The summed E-state index contributed by atoms with van der Waals surface area (Å²) in [5, 5.41) is 8.66. The number of aliphatic hydroxyl groups is 1. The van der Waals surface area contributed by atoms with E-state index in [4.69, 9.17) is 9.84 Å². The van der Waals surface area contributed by atoms with Gasteiger partial charge < -0.3 is 14.7 Å². The fraction of sp³-hybridized carbons (Fsp3) is 0.833. The van der Waals surface area contributed by atoms with Crippen LogP contribution in [-0.2, 0) is 14.3 Å². The minimum absolute atomic E-state index is 0.00555. The second kappa shape index (κ2) is 7.27. The van der Waals surface area contributed by atoms with Crippen LogP contribution in [0.1, 0.15) is 39.0 Å². The molecular formula is C12H21NO4. The molecule has 1 amide bonds. The molecule has 5 nitrogen and oxygen atoms in total. The van der Waals surface area contributed by atoms with E-state index in [1.807, 2.05) is 0 Å². The summed E-state index contributed by atoms with van der Waals surface area (Å²) in [7, 11) is 0. The summed E-state index contributed by atoms with van der Waals surface area (Å²) in [5.74, 6) is -0.297. The molecule has 0 aromatic heterocycles. The average molecular weight is 243 g/mol. The molecule has 1 rings (SSSR count). The highest BCUT2D eigenvalue weighted by atomic mass is 16.5. The molecule has 0 radical (unpaired) electrons. The maximum absolute atomic E-state index is 11.9. The Morgan fingerprint density at radius 1 is 1.41 bits per heavy atom. The smallest absolute Gasteiger partial charge is 0.328 e. The highest BCUT2D eigenvalue weighted by Crippen LogP contribution is 2.20. The van der Waals surface area contributed by atoms with Crippen molar-refractivity contribution in [3.05, 3.63) is 0 Å². The second-order valence-corrected chi connectivity index (χ2v) is 4.18. The average Bonchev–Trinajstić information content (AvgIpc) is 2.78. The number of hydrogen-bond acceptors (Lipinski definition) is 4. The zero-order valence-electron chi connectivity index (χ0n) is 10.4. The predicted octanol–water partition coefficient (Wildman–Crippen LogP) is 0.703. The second-order valence-electron chi connectivity index (χ2n) is 4.18. The summed E-state index contributed by atoms with van der Waals surface area (Å²) in [6.45, 7) is 2.86. The third-order valence-corrected chi connectivity index (χ3v) is 2.93. The summed E-state index contributed by atoms with van der Waals surface area (Å²) in [4.78, 5) is 25.1. The number of likely N-dealkylation sites (tertiary alicyclic amines) is 1. The Labute approximate surface area is 102 Å². The minimum Gasteiger partial charge on any atom is -0.464 e. The number of amides is 1. The normalized spacial score (nSPS) is 19.4. The van der Waals surface area contributed by atoms with Crippen molar-refractivity contribution in [2.24, 2.45) is 0 Å². The van der Waals surface area contributed by atoms with E-state index in [2.05, 4.69) is 0 Å². The van der Waals surface area contributed by atoms with Crippen molar-refractivity contribution in [2.75, 3.05) is 19.8 Å². The van der Waals surface area contributed by atoms with Crippen molar-refractivity contribution < 1.29 is 19.4 Å². The van der Waals surface area contributed by atoms with Gasteiger partial charge in [-0.25, -0.2) is 4.79 Å². The molecule has 0 saturated carbocycles. The van der Waals surface area contributed by atoms with E-state index in [1.165, 1.54) is 0 Å². The lowest BCUT2D eigenvalue weighted by atomic mass is 10.2. The zero-order chi connectivity index (χ0) is 12.7. The van der Waals surface area contributed by atoms with Crippen LogP contribution in [-0.4, -0.2) is 47.7 Å². The van der Waals surface area contributed by atoms with Gasteiger partial charge in [-0.2, -0.15) is 0 Å². The van der Waals surface area contributed by atoms with Crippen LogP contribution in [0.5, 0.6) is 0 Å². The van der Waals surface area contributed by atoms with Gasteiger partial charge in [-0.05, 0) is 32.6 Å². The molecule has 1 heterocycles. The van der Waals surface area contributed by atoms with Gasteiger partial charge in [-0.3, -0.25) is 4.79 Å². The third kappa shape index (κ3) is 4.00. The largest absolute Gasteiger partial charge is 0.464 e. The van der Waals surface area contributed by atoms with Gasteiger partial charge in [0.05, 0.1) is 6.61 Å². The van der Waals surface area contributed by atoms with Crippen molar-refractivity contribution in [2.45, 2.75) is 45.1 Å². The Balaban J connectivity index is 2.44. The molecule has 5 heteroatoms. The summed E-state index contributed by atoms with van der Waals surface area (Å²) in [6.07, 6.45) is 3.25. The molecule has 0 bridgehead atoms. The van der Waals surface area contributed by atoms with Crippen LogP contribution >= 0.6 is 0 Å². The maximum atomic E-state index is 11.9. The standard InChI is InChI=1S/C12H21NO4/c1-2-17-12(16)10-6-5-8-13(10)11(15)7-3-4-9-14/h10,14H,2-9H2,1H3. The zero-order valence-corrected chi connectivity index (χ0v) is 10.4. The van der Waals surface area contributed by atoms with Crippen molar-refractivity contribution in [1.82, 2.24) is 4.90 Å². The number of unbranched alkanes of at least 4 members (excludes halogenated alkanes) is 1. The van der Waals surface area contributed by atoms with E-state index in [0.29, 0.717) is 38.8 Å². The van der Waals surface area contributed by atoms with E-state index in [-0.39, 0.29) is 18.5 Å². The number of esters is 1. The van der Waals surface area contributed by atoms with Gasteiger partial charge in [0.2, 0.25) is 5.91 Å². The molecule has 1 N–H and O–H groups in total. The SMILES string of the molecule is CCOC(=O)C1CCCN1C(=O)CCCCO. The molecule has 1 aliphatic rings. The fourth-order valence-corrected chi connectivity index (χ4v) is 2.08. The van der Waals surface area contributed by atoms with Crippen LogP contribution in [0.25, 0.3) is 0 Å². The lowest BCUT2D eigenvalue weighted by molar-refractivity contribution is -0.153. The fourth-order valence-electron chi connectivity index (χ4n) is 2.08. The number of ether oxygens (including phenoxy) is 1. The lowest BCUT2D eigenvalue weighted by Crippen LogP contribution is -2.41. The molecular weight excluding hydrogens is 222 g/mol. The predicted molar refractivity (Wildman–Crippen MR) is 62.3 cm³/mol. The van der Waals surface area contributed by atoms with Crippen molar-refractivity contribution in [1.29, 1.82) is 0 Å². The van der Waals surface area contributed by atoms with Crippen molar-refractivity contribution in [3.63, 3.8) is 0 Å². The monoisotopic (exact) mass is 243 g/mol. The third-order valence-electron chi connectivity index (χ3n) is 2.93. The number of hydrogen-bond donors (Lipinski definition) is 1. The molecule has 17 heavy (non-hydrogen) atoms. The molecule has 98 valence electrons. The highest BCUT2D eigenvalue weighted by molar-refractivity contribution is 5.85. The van der Waals surface area contributed by atoms with E-state index < -0.39 is 6.04 Å². The molecule has 1 saturated heterocycles. The van der Waals surface area contributed by atoms with Gasteiger partial charge in [-0.1, -0.05) is 0 Å². The van der Waals surface area contributed by atoms with Crippen LogP contribution in [0.15, 0.2) is 0 Å². The summed E-state index contributed by atoms with van der Waals surface area (Å²) >= 11 is 0. The van der Waals surface area contributed by atoms with Crippen LogP contribution in [0, 0.1) is 0 Å². The Hall–Kier alpha value is -1.10. The van der Waals surface area contributed by atoms with Gasteiger partial charge in [0.1, 0.15) is 6.04 Å². The quantitative estimate of drug-likeness (QED) is 0.551. The number of rotatable bonds is 6. The van der Waals surface area contributed by atoms with Gasteiger partial charge in [-0.15, -0.1) is 0 Å². The lowest BCUT2D eigenvalue weighted by Gasteiger charge is -2.23. The number of carbonyl (C=O) groups excluding carboxylic acids is 2. The van der Waals surface area contributed by atoms with Crippen LogP contribution in [0.3, 0.4) is 0 Å². The number of nitrogens with zero attached hydrogens (tertiary/aromatic N) is 1. The Bertz CT molecular complexity index is 267. The first-order chi connectivity index (χ1) is 8.20. The first kappa shape index (κ1) is 14.0. The molecule has 0 aromatic carbocycles. The molecule has 1 aliphatic heterocycles. The van der Waals surface area contributed by atoms with E-state index in [9.17, 15) is 9.59 Å². The van der Waals surface area contributed by atoms with Gasteiger partial charge in [0.25, 0.3) is 0 Å². The van der Waals surface area contributed by atoms with E-state index in [0.717, 1.165) is 6.42 Å².